The van der Waals surface area contributed by atoms with Gasteiger partial charge in [-0.15, -0.1) is 0 Å². The third-order valence-electron chi connectivity index (χ3n) is 7.33. The zero-order chi connectivity index (χ0) is 33.3. The number of carbonyl (C=O) groups is 1. The predicted molar refractivity (Wildman–Crippen MR) is 179 cm³/mol. The molecule has 0 bridgehead atoms. The van der Waals surface area contributed by atoms with Gasteiger partial charge in [0, 0.05) is 6.42 Å². The molecule has 0 radical (unpaired) electrons. The lowest BCUT2D eigenvalue weighted by Gasteiger charge is -2.36. The van der Waals surface area contributed by atoms with Crippen molar-refractivity contribution < 1.29 is 51.9 Å². The first kappa shape index (κ1) is 44.3. The van der Waals surface area contributed by atoms with Crippen molar-refractivity contribution in [2.75, 3.05) is 119 Å². The molecule has 45 heavy (non-hydrogen) atoms. The Kier molecular flexibility index (Phi) is 31.4. The second-order valence-corrected chi connectivity index (χ2v) is 17.1. The number of carbonyl (C=O) groups excluding carboxylic acids is 1. The van der Waals surface area contributed by atoms with Crippen molar-refractivity contribution in [1.82, 2.24) is 0 Å². The van der Waals surface area contributed by atoms with Gasteiger partial charge < -0.3 is 47.1 Å². The van der Waals surface area contributed by atoms with Crippen molar-refractivity contribution in [3.05, 3.63) is 0 Å². The largest absolute Gasteiger partial charge is 0.463 e. The summed E-state index contributed by atoms with van der Waals surface area (Å²) < 4.78 is 55.2. The van der Waals surface area contributed by atoms with Gasteiger partial charge in [-0.25, -0.2) is 0 Å². The molecule has 12 heteroatoms. The van der Waals surface area contributed by atoms with Crippen LogP contribution < -0.4 is 0 Å². The quantitative estimate of drug-likeness (QED) is 0.0490. The smallest absolute Gasteiger partial charge is 0.305 e. The molecule has 0 N–H and O–H groups in total. The summed E-state index contributed by atoms with van der Waals surface area (Å²) >= 11 is 0. The molecule has 0 aromatic rings. The molecule has 11 nitrogen and oxygen atoms in total. The van der Waals surface area contributed by atoms with Gasteiger partial charge in [-0.2, -0.15) is 0 Å². The van der Waals surface area contributed by atoms with E-state index in [1.165, 1.54) is 25.7 Å². The number of unbranched alkanes of at least 4 members (excludes halogenated alkanes) is 5. The van der Waals surface area contributed by atoms with Gasteiger partial charge in [-0.1, -0.05) is 59.8 Å². The van der Waals surface area contributed by atoms with Crippen molar-refractivity contribution in [3.8, 4) is 0 Å². The van der Waals surface area contributed by atoms with Crippen LogP contribution in [0.25, 0.3) is 0 Å². The summed E-state index contributed by atoms with van der Waals surface area (Å²) in [6, 6.07) is 0. The van der Waals surface area contributed by atoms with Gasteiger partial charge in [-0.3, -0.25) is 4.79 Å². The fourth-order valence-corrected chi connectivity index (χ4v) is 4.58. The fraction of sp³-hybridized carbons (Fsp3) is 0.970. The van der Waals surface area contributed by atoms with E-state index >= 15 is 0 Å². The van der Waals surface area contributed by atoms with Crippen LogP contribution in [0.4, 0.5) is 0 Å². The molecule has 0 fully saturated rings. The first-order chi connectivity index (χ1) is 21.7. The normalized spacial score (nSPS) is 12.2. The third kappa shape index (κ3) is 31.7. The second-order valence-electron chi connectivity index (χ2n) is 12.2. The van der Waals surface area contributed by atoms with E-state index in [0.717, 1.165) is 12.8 Å². The summed E-state index contributed by atoms with van der Waals surface area (Å²) in [5.41, 5.74) is 0. The van der Waals surface area contributed by atoms with E-state index in [1.807, 2.05) is 0 Å². The zero-order valence-corrected chi connectivity index (χ0v) is 30.7. The van der Waals surface area contributed by atoms with Gasteiger partial charge in [0.05, 0.1) is 112 Å². The van der Waals surface area contributed by atoms with Gasteiger partial charge >= 0.3 is 5.97 Å². The van der Waals surface area contributed by atoms with Crippen LogP contribution in [-0.2, 0) is 51.9 Å². The molecule has 0 rings (SSSR count). The Morgan fingerprint density at radius 2 is 0.778 bits per heavy atom. The van der Waals surface area contributed by atoms with Crippen LogP contribution in [0.5, 0.6) is 0 Å². The summed E-state index contributed by atoms with van der Waals surface area (Å²) in [4.78, 5) is 11.7. The number of ether oxygens (including phenoxy) is 9. The Bertz CT molecular complexity index is 632. The third-order valence-corrected chi connectivity index (χ3v) is 11.9. The molecule has 0 spiro atoms. The Morgan fingerprint density at radius 3 is 1.13 bits per heavy atom. The first-order valence-electron chi connectivity index (χ1n) is 17.1. The molecule has 0 unspecified atom stereocenters. The molecule has 0 aliphatic carbocycles. The van der Waals surface area contributed by atoms with Gasteiger partial charge in [0.1, 0.15) is 6.61 Å². The topological polar surface area (TPSA) is 109 Å². The molecule has 0 amide bonds. The molecule has 0 aromatic carbocycles. The van der Waals surface area contributed by atoms with Crippen LogP contribution in [0.1, 0.15) is 72.6 Å². The van der Waals surface area contributed by atoms with E-state index < -0.39 is 8.32 Å². The molecule has 0 saturated carbocycles. The maximum atomic E-state index is 11.7. The lowest BCUT2D eigenvalue weighted by Crippen LogP contribution is -2.41. The summed E-state index contributed by atoms with van der Waals surface area (Å²) in [7, 11) is -1.70. The molecule has 270 valence electrons. The Balaban J connectivity index is 3.17. The van der Waals surface area contributed by atoms with Crippen molar-refractivity contribution in [2.24, 2.45) is 0 Å². The second kappa shape index (κ2) is 31.9. The number of esters is 1. The van der Waals surface area contributed by atoms with Crippen molar-refractivity contribution in [1.29, 1.82) is 0 Å². The van der Waals surface area contributed by atoms with Crippen LogP contribution in [0.3, 0.4) is 0 Å². The molecule has 0 atom stereocenters. The lowest BCUT2D eigenvalue weighted by atomic mass is 10.1. The number of rotatable bonds is 35. The monoisotopic (exact) mass is 668 g/mol. The van der Waals surface area contributed by atoms with E-state index in [-0.39, 0.29) is 17.6 Å². The van der Waals surface area contributed by atoms with E-state index in [9.17, 15) is 4.79 Å². The van der Waals surface area contributed by atoms with E-state index in [4.69, 9.17) is 47.1 Å². The highest BCUT2D eigenvalue weighted by Crippen LogP contribution is 2.36. The van der Waals surface area contributed by atoms with Crippen LogP contribution in [0.15, 0.2) is 0 Å². The molecule has 0 aromatic heterocycles. The Morgan fingerprint density at radius 1 is 0.467 bits per heavy atom. The Labute approximate surface area is 275 Å². The van der Waals surface area contributed by atoms with Crippen LogP contribution in [0, 0.1) is 0 Å². The minimum absolute atomic E-state index is 0.140. The molecular weight excluding hydrogens is 600 g/mol. The number of hydrogen-bond donors (Lipinski definition) is 0. The molecular formula is C33H68O11Si. The van der Waals surface area contributed by atoms with Crippen molar-refractivity contribution >= 4 is 14.3 Å². The van der Waals surface area contributed by atoms with Crippen LogP contribution >= 0.6 is 0 Å². The van der Waals surface area contributed by atoms with Gasteiger partial charge in [0.2, 0.25) is 0 Å². The number of hydrogen-bond acceptors (Lipinski definition) is 11. The van der Waals surface area contributed by atoms with E-state index in [0.29, 0.717) is 119 Å². The SMILES string of the molecule is CCCCCCCCC(=O)OCCOCCOCCOCCOCCOCCOCCOCCOCCO[Si](C)(C)C(C)(C)C. The van der Waals surface area contributed by atoms with Gasteiger partial charge in [0.25, 0.3) is 0 Å². The average Bonchev–Trinajstić information content (AvgIpc) is 2.99. The zero-order valence-electron chi connectivity index (χ0n) is 29.7. The average molecular weight is 669 g/mol. The summed E-state index contributed by atoms with van der Waals surface area (Å²) in [5.74, 6) is -0.140. The fourth-order valence-electron chi connectivity index (χ4n) is 3.55. The predicted octanol–water partition coefficient (Wildman–Crippen LogP) is 5.43. The minimum Gasteiger partial charge on any atom is -0.463 e. The summed E-state index contributed by atoms with van der Waals surface area (Å²) in [6.45, 7) is 22.4. The highest BCUT2D eigenvalue weighted by molar-refractivity contribution is 6.74. The molecule has 0 heterocycles. The van der Waals surface area contributed by atoms with Gasteiger partial charge in [-0.05, 0) is 24.6 Å². The standard InChI is InChI=1S/C33H68O11Si/c1-7-8-9-10-11-12-13-32(34)43-30-28-41-26-24-39-22-20-37-18-16-35-14-15-36-17-19-38-21-23-40-25-27-42-29-31-44-45(5,6)33(2,3)4/h7-31H2,1-6H3. The van der Waals surface area contributed by atoms with Crippen molar-refractivity contribution in [2.45, 2.75) is 90.8 Å². The van der Waals surface area contributed by atoms with E-state index in [1.54, 1.807) is 0 Å². The minimum atomic E-state index is -1.70. The maximum absolute atomic E-state index is 11.7. The maximum Gasteiger partial charge on any atom is 0.305 e. The van der Waals surface area contributed by atoms with Crippen molar-refractivity contribution in [3.63, 3.8) is 0 Å². The van der Waals surface area contributed by atoms with Crippen LogP contribution in [0.2, 0.25) is 18.1 Å². The summed E-state index contributed by atoms with van der Waals surface area (Å²) in [5, 5.41) is 0.217. The molecule has 0 saturated heterocycles. The summed E-state index contributed by atoms with van der Waals surface area (Å²) in [6.07, 6.45) is 7.44. The van der Waals surface area contributed by atoms with E-state index in [2.05, 4.69) is 40.8 Å². The molecule has 0 aliphatic rings. The Hall–Kier alpha value is -0.673. The van der Waals surface area contributed by atoms with Crippen LogP contribution in [-0.4, -0.2) is 133 Å². The van der Waals surface area contributed by atoms with Gasteiger partial charge in [0.15, 0.2) is 8.32 Å². The molecule has 0 aliphatic heterocycles. The highest BCUT2D eigenvalue weighted by atomic mass is 28.4. The first-order valence-corrected chi connectivity index (χ1v) is 20.0. The highest BCUT2D eigenvalue weighted by Gasteiger charge is 2.36. The lowest BCUT2D eigenvalue weighted by molar-refractivity contribution is -0.145.